The number of morpholine rings is 1. The van der Waals surface area contributed by atoms with Gasteiger partial charge >= 0.3 is 6.09 Å². The second-order valence-electron chi connectivity index (χ2n) is 8.52. The molecule has 1 amide bonds. The number of carbonyl (C=O) groups is 2. The number of piperidine rings is 1. The van der Waals surface area contributed by atoms with E-state index in [1.165, 1.54) is 0 Å². The van der Waals surface area contributed by atoms with Crippen molar-refractivity contribution in [2.45, 2.75) is 51.5 Å². The summed E-state index contributed by atoms with van der Waals surface area (Å²) in [5.41, 5.74) is 1.63. The lowest BCUT2D eigenvalue weighted by molar-refractivity contribution is -0.0755. The van der Waals surface area contributed by atoms with Crippen LogP contribution in [-0.2, 0) is 16.1 Å². The molecule has 0 spiro atoms. The normalized spacial score (nSPS) is 22.8. The molecule has 0 saturated carbocycles. The number of carbonyl (C=O) groups excluding carboxylic acids is 2. The van der Waals surface area contributed by atoms with Crippen LogP contribution in [0.5, 0.6) is 5.75 Å². The van der Waals surface area contributed by atoms with Crippen molar-refractivity contribution in [1.29, 1.82) is 0 Å². The van der Waals surface area contributed by atoms with E-state index in [1.54, 1.807) is 4.90 Å². The summed E-state index contributed by atoms with van der Waals surface area (Å²) in [6, 6.07) is 16.7. The third-order valence-electron chi connectivity index (χ3n) is 5.82. The Labute approximate surface area is 183 Å². The van der Waals surface area contributed by atoms with E-state index in [9.17, 15) is 9.59 Å². The first-order valence-electron chi connectivity index (χ1n) is 10.9. The van der Waals surface area contributed by atoms with Gasteiger partial charge in [-0.05, 0) is 56.5 Å². The zero-order valence-electron chi connectivity index (χ0n) is 18.0. The summed E-state index contributed by atoms with van der Waals surface area (Å²) >= 11 is 0. The van der Waals surface area contributed by atoms with Gasteiger partial charge in [0.1, 0.15) is 12.4 Å². The number of hydrogen-bond acceptors (Lipinski definition) is 5. The molecule has 164 valence electrons. The van der Waals surface area contributed by atoms with Gasteiger partial charge in [0, 0.05) is 11.5 Å². The minimum absolute atomic E-state index is 0.0897. The van der Waals surface area contributed by atoms with E-state index in [4.69, 9.17) is 14.2 Å². The molecule has 0 N–H and O–H groups in total. The largest absolute Gasteiger partial charge is 0.491 e. The van der Waals surface area contributed by atoms with E-state index < -0.39 is 0 Å². The van der Waals surface area contributed by atoms with Crippen LogP contribution < -0.4 is 4.74 Å². The van der Waals surface area contributed by atoms with Crippen molar-refractivity contribution in [2.75, 3.05) is 13.2 Å². The third kappa shape index (κ3) is 5.07. The molecule has 0 aromatic heterocycles. The lowest BCUT2D eigenvalue weighted by Gasteiger charge is -2.47. The summed E-state index contributed by atoms with van der Waals surface area (Å²) in [6.07, 6.45) is 0.926. The molecule has 2 atom stereocenters. The summed E-state index contributed by atoms with van der Waals surface area (Å²) in [5, 5.41) is 0. The molecular formula is C25H29NO5. The number of fused-ring (bicyclic) bond motifs is 2. The molecule has 2 bridgehead atoms. The maximum absolute atomic E-state index is 13.1. The van der Waals surface area contributed by atoms with Gasteiger partial charge in [0.25, 0.3) is 0 Å². The van der Waals surface area contributed by atoms with Crippen molar-refractivity contribution in [3.63, 3.8) is 0 Å². The maximum Gasteiger partial charge on any atom is 0.410 e. The van der Waals surface area contributed by atoms with Gasteiger partial charge in [-0.1, -0.05) is 30.3 Å². The monoisotopic (exact) mass is 423 g/mol. The molecule has 6 nitrogen and oxygen atoms in total. The summed E-state index contributed by atoms with van der Waals surface area (Å²) in [7, 11) is 0. The van der Waals surface area contributed by atoms with E-state index in [0.717, 1.165) is 11.3 Å². The van der Waals surface area contributed by atoms with Crippen LogP contribution in [0.2, 0.25) is 0 Å². The van der Waals surface area contributed by atoms with Gasteiger partial charge in [0.05, 0.1) is 31.4 Å². The van der Waals surface area contributed by atoms with Crippen molar-refractivity contribution in [1.82, 2.24) is 4.90 Å². The van der Waals surface area contributed by atoms with Crippen LogP contribution in [0, 0.1) is 5.92 Å². The van der Waals surface area contributed by atoms with Crippen LogP contribution in [0.3, 0.4) is 0 Å². The molecule has 2 unspecified atom stereocenters. The molecular weight excluding hydrogens is 394 g/mol. The minimum atomic E-state index is -0.330. The Balaban J connectivity index is 1.39. The average Bonchev–Trinajstić information content (AvgIpc) is 2.77. The van der Waals surface area contributed by atoms with Crippen molar-refractivity contribution < 1.29 is 23.8 Å². The lowest BCUT2D eigenvalue weighted by Crippen LogP contribution is -2.59. The number of benzene rings is 2. The summed E-state index contributed by atoms with van der Waals surface area (Å²) in [5.74, 6) is 0.743. The highest BCUT2D eigenvalue weighted by molar-refractivity contribution is 5.98. The minimum Gasteiger partial charge on any atom is -0.491 e. The van der Waals surface area contributed by atoms with E-state index in [1.807, 2.05) is 68.4 Å². The van der Waals surface area contributed by atoms with Crippen molar-refractivity contribution in [2.24, 2.45) is 5.92 Å². The van der Waals surface area contributed by atoms with Gasteiger partial charge < -0.3 is 14.2 Å². The van der Waals surface area contributed by atoms with Crippen LogP contribution in [0.25, 0.3) is 0 Å². The Morgan fingerprint density at radius 3 is 2.26 bits per heavy atom. The van der Waals surface area contributed by atoms with Crippen molar-refractivity contribution in [3.05, 3.63) is 65.7 Å². The number of ether oxygens (including phenoxy) is 3. The first-order valence-corrected chi connectivity index (χ1v) is 10.9. The average molecular weight is 424 g/mol. The molecule has 6 heteroatoms. The SMILES string of the molecule is CC(C)Oc1ccc(C(=O)C2CC3COCC(C2)N3C(=O)OCc2ccccc2)cc1. The van der Waals surface area contributed by atoms with Gasteiger partial charge in [-0.15, -0.1) is 0 Å². The molecule has 2 aliphatic rings. The van der Waals surface area contributed by atoms with Gasteiger partial charge in [-0.2, -0.15) is 0 Å². The first kappa shape index (κ1) is 21.4. The first-order chi connectivity index (χ1) is 15.0. The Kier molecular flexibility index (Phi) is 6.56. The summed E-state index contributed by atoms with van der Waals surface area (Å²) in [6.45, 7) is 5.05. The Bertz CT molecular complexity index is 882. The van der Waals surface area contributed by atoms with Gasteiger partial charge in [-0.25, -0.2) is 4.79 Å². The van der Waals surface area contributed by atoms with Crippen LogP contribution >= 0.6 is 0 Å². The molecule has 2 aromatic carbocycles. The summed E-state index contributed by atoms with van der Waals surface area (Å²) in [4.78, 5) is 27.7. The van der Waals surface area contributed by atoms with E-state index in [2.05, 4.69) is 0 Å². The highest BCUT2D eigenvalue weighted by Gasteiger charge is 2.44. The van der Waals surface area contributed by atoms with Gasteiger partial charge in [0.2, 0.25) is 0 Å². The number of hydrogen-bond donors (Lipinski definition) is 0. The van der Waals surface area contributed by atoms with E-state index in [-0.39, 0.29) is 42.6 Å². The highest BCUT2D eigenvalue weighted by atomic mass is 16.6. The number of rotatable bonds is 6. The molecule has 2 saturated heterocycles. The smallest absolute Gasteiger partial charge is 0.410 e. The van der Waals surface area contributed by atoms with E-state index >= 15 is 0 Å². The number of Topliss-reactive ketones (excluding diaryl/α,β-unsaturated/α-hetero) is 1. The third-order valence-corrected chi connectivity index (χ3v) is 5.82. The highest BCUT2D eigenvalue weighted by Crippen LogP contribution is 2.34. The zero-order valence-corrected chi connectivity index (χ0v) is 18.0. The van der Waals surface area contributed by atoms with Crippen LogP contribution in [0.15, 0.2) is 54.6 Å². The Hall–Kier alpha value is -2.86. The predicted molar refractivity (Wildman–Crippen MR) is 116 cm³/mol. The maximum atomic E-state index is 13.1. The molecule has 4 rings (SSSR count). The van der Waals surface area contributed by atoms with Crippen molar-refractivity contribution in [3.8, 4) is 5.75 Å². The number of nitrogens with zero attached hydrogens (tertiary/aromatic N) is 1. The van der Waals surface area contributed by atoms with Crippen LogP contribution in [0.1, 0.15) is 42.6 Å². The topological polar surface area (TPSA) is 65.1 Å². The van der Waals surface area contributed by atoms with Crippen LogP contribution in [0.4, 0.5) is 4.79 Å². The fourth-order valence-electron chi connectivity index (χ4n) is 4.43. The van der Waals surface area contributed by atoms with Gasteiger partial charge in [0.15, 0.2) is 5.78 Å². The molecule has 31 heavy (non-hydrogen) atoms. The quantitative estimate of drug-likeness (QED) is 0.642. The van der Waals surface area contributed by atoms with Crippen LogP contribution in [-0.4, -0.2) is 48.2 Å². The molecule has 0 aliphatic carbocycles. The molecule has 2 fully saturated rings. The Morgan fingerprint density at radius 2 is 1.65 bits per heavy atom. The number of ketones is 1. The fraction of sp³-hybridized carbons (Fsp3) is 0.440. The standard InChI is InChI=1S/C25H29NO5/c1-17(2)31-23-10-8-19(9-11-23)24(27)20-12-21-15-29-16-22(13-20)26(21)25(28)30-14-18-6-4-3-5-7-18/h3-11,17,20-22H,12-16H2,1-2H3. The number of amides is 1. The second kappa shape index (κ2) is 9.52. The predicted octanol–water partition coefficient (Wildman–Crippen LogP) is 4.47. The molecule has 2 aromatic rings. The summed E-state index contributed by atoms with van der Waals surface area (Å²) < 4.78 is 16.9. The van der Waals surface area contributed by atoms with Gasteiger partial charge in [-0.3, -0.25) is 9.69 Å². The second-order valence-corrected chi connectivity index (χ2v) is 8.52. The zero-order chi connectivity index (χ0) is 21.8. The van der Waals surface area contributed by atoms with Crippen molar-refractivity contribution >= 4 is 11.9 Å². The Morgan fingerprint density at radius 1 is 1.00 bits per heavy atom. The fourth-order valence-corrected chi connectivity index (χ4v) is 4.43. The molecule has 2 aliphatic heterocycles. The lowest BCUT2D eigenvalue weighted by atomic mass is 9.81. The molecule has 0 radical (unpaired) electrons. The van der Waals surface area contributed by atoms with E-state index in [0.29, 0.717) is 31.6 Å². The molecule has 2 heterocycles.